The molecule has 0 unspecified atom stereocenters. The molecule has 0 radical (unpaired) electrons. The Hall–Kier alpha value is -1.64. The molecule has 0 aliphatic carbocycles. The van der Waals surface area contributed by atoms with E-state index in [-0.39, 0.29) is 16.3 Å². The summed E-state index contributed by atoms with van der Waals surface area (Å²) in [4.78, 5) is 17.1. The molecule has 0 spiro atoms. The number of amides is 1. The number of halogens is 1. The molecule has 0 aliphatic rings. The number of nitrogens with zero attached hydrogens (tertiary/aromatic N) is 1. The lowest BCUT2D eigenvalue weighted by Crippen LogP contribution is -2.14. The molecule has 9 heteroatoms. The summed E-state index contributed by atoms with van der Waals surface area (Å²) < 4.78 is 24.8. The van der Waals surface area contributed by atoms with Gasteiger partial charge in [0.2, 0.25) is 10.0 Å². The fourth-order valence-corrected chi connectivity index (χ4v) is 2.97. The van der Waals surface area contributed by atoms with Crippen LogP contribution in [0.15, 0.2) is 24.4 Å². The number of aromatic nitrogens is 1. The number of carbonyl (C=O) groups excluding carboxylic acids is 1. The molecule has 6 nitrogen and oxygen atoms in total. The molecule has 1 aromatic carbocycles. The van der Waals surface area contributed by atoms with Gasteiger partial charge in [0.1, 0.15) is 0 Å². The number of anilines is 2. The van der Waals surface area contributed by atoms with Gasteiger partial charge in [0.15, 0.2) is 5.13 Å². The Kier molecular flexibility index (Phi) is 4.50. The summed E-state index contributed by atoms with van der Waals surface area (Å²) in [7, 11) is -3.47. The SMILES string of the molecule is Cc1cnc(NC(=O)c2ccc(Cl)c(NS(C)(=O)=O)c2)s1. The molecule has 2 rings (SSSR count). The molecule has 1 amide bonds. The minimum Gasteiger partial charge on any atom is -0.298 e. The topological polar surface area (TPSA) is 88.2 Å². The Morgan fingerprint density at radius 2 is 2.10 bits per heavy atom. The van der Waals surface area contributed by atoms with Gasteiger partial charge in [0.25, 0.3) is 5.91 Å². The van der Waals surface area contributed by atoms with Crippen molar-refractivity contribution in [2.45, 2.75) is 6.92 Å². The highest BCUT2D eigenvalue weighted by molar-refractivity contribution is 7.92. The van der Waals surface area contributed by atoms with Crippen LogP contribution in [0.2, 0.25) is 5.02 Å². The van der Waals surface area contributed by atoms with Gasteiger partial charge in [-0.15, -0.1) is 11.3 Å². The third-order valence-corrected chi connectivity index (χ3v) is 4.11. The molecule has 0 saturated carbocycles. The van der Waals surface area contributed by atoms with Gasteiger partial charge in [-0.3, -0.25) is 14.8 Å². The van der Waals surface area contributed by atoms with Crippen molar-refractivity contribution in [1.82, 2.24) is 4.98 Å². The number of hydrogen-bond acceptors (Lipinski definition) is 5. The van der Waals surface area contributed by atoms with E-state index in [9.17, 15) is 13.2 Å². The molecule has 1 heterocycles. The van der Waals surface area contributed by atoms with Crippen molar-refractivity contribution in [3.8, 4) is 0 Å². The first-order chi connectivity index (χ1) is 9.74. The number of rotatable bonds is 4. The summed E-state index contributed by atoms with van der Waals surface area (Å²) in [6.07, 6.45) is 2.66. The first-order valence-electron chi connectivity index (χ1n) is 5.76. The van der Waals surface area contributed by atoms with E-state index < -0.39 is 15.9 Å². The monoisotopic (exact) mass is 345 g/mol. The number of thiazole rings is 1. The molecule has 0 saturated heterocycles. The number of aryl methyl sites for hydroxylation is 1. The lowest BCUT2D eigenvalue weighted by atomic mass is 10.2. The van der Waals surface area contributed by atoms with E-state index in [1.807, 2.05) is 6.92 Å². The normalized spacial score (nSPS) is 11.2. The van der Waals surface area contributed by atoms with Gasteiger partial charge in [-0.1, -0.05) is 11.6 Å². The van der Waals surface area contributed by atoms with Gasteiger partial charge in [0, 0.05) is 16.6 Å². The van der Waals surface area contributed by atoms with Crippen molar-refractivity contribution in [3.05, 3.63) is 39.9 Å². The first-order valence-corrected chi connectivity index (χ1v) is 8.84. The molecule has 0 aliphatic heterocycles. The summed E-state index contributed by atoms with van der Waals surface area (Å²) in [5.74, 6) is -0.391. The van der Waals surface area contributed by atoms with Gasteiger partial charge in [-0.2, -0.15) is 0 Å². The van der Waals surface area contributed by atoms with Crippen LogP contribution in [0.4, 0.5) is 10.8 Å². The Labute approximate surface area is 131 Å². The zero-order valence-corrected chi connectivity index (χ0v) is 13.6. The van der Waals surface area contributed by atoms with Crippen molar-refractivity contribution >= 4 is 49.7 Å². The molecular formula is C12H12ClN3O3S2. The van der Waals surface area contributed by atoms with Crippen LogP contribution in [0.1, 0.15) is 15.2 Å². The Morgan fingerprint density at radius 1 is 1.38 bits per heavy atom. The highest BCUT2D eigenvalue weighted by Crippen LogP contribution is 2.25. The fraction of sp³-hybridized carbons (Fsp3) is 0.167. The van der Waals surface area contributed by atoms with Crippen LogP contribution in [-0.2, 0) is 10.0 Å². The van der Waals surface area contributed by atoms with Crippen molar-refractivity contribution in [2.24, 2.45) is 0 Å². The van der Waals surface area contributed by atoms with Crippen molar-refractivity contribution < 1.29 is 13.2 Å². The molecule has 0 bridgehead atoms. The predicted molar refractivity (Wildman–Crippen MR) is 84.7 cm³/mol. The molecule has 2 aromatic rings. The highest BCUT2D eigenvalue weighted by Gasteiger charge is 2.13. The molecule has 2 N–H and O–H groups in total. The fourth-order valence-electron chi connectivity index (χ4n) is 1.53. The lowest BCUT2D eigenvalue weighted by molar-refractivity contribution is 0.102. The summed E-state index contributed by atoms with van der Waals surface area (Å²) in [6, 6.07) is 4.34. The molecule has 1 aromatic heterocycles. The molecule has 0 atom stereocenters. The minimum atomic E-state index is -3.47. The van der Waals surface area contributed by atoms with Crippen LogP contribution in [0.5, 0.6) is 0 Å². The van der Waals surface area contributed by atoms with Gasteiger partial charge >= 0.3 is 0 Å². The van der Waals surface area contributed by atoms with E-state index >= 15 is 0 Å². The average Bonchev–Trinajstić information content (AvgIpc) is 2.75. The third-order valence-electron chi connectivity index (χ3n) is 2.37. The summed E-state index contributed by atoms with van der Waals surface area (Å²) in [6.45, 7) is 1.88. The summed E-state index contributed by atoms with van der Waals surface area (Å²) in [5, 5.41) is 3.32. The second-order valence-electron chi connectivity index (χ2n) is 4.30. The Morgan fingerprint density at radius 3 is 2.67 bits per heavy atom. The van der Waals surface area contributed by atoms with Crippen LogP contribution in [0, 0.1) is 6.92 Å². The quantitative estimate of drug-likeness (QED) is 0.891. The van der Waals surface area contributed by atoms with Gasteiger partial charge in [0.05, 0.1) is 17.0 Å². The van der Waals surface area contributed by atoms with Gasteiger partial charge in [-0.05, 0) is 25.1 Å². The lowest BCUT2D eigenvalue weighted by Gasteiger charge is -2.08. The van der Waals surface area contributed by atoms with Crippen molar-refractivity contribution in [1.29, 1.82) is 0 Å². The van der Waals surface area contributed by atoms with Crippen LogP contribution in [0.25, 0.3) is 0 Å². The van der Waals surface area contributed by atoms with Crippen LogP contribution < -0.4 is 10.0 Å². The summed E-state index contributed by atoms with van der Waals surface area (Å²) >= 11 is 7.25. The van der Waals surface area contributed by atoms with Crippen LogP contribution in [0.3, 0.4) is 0 Å². The number of benzene rings is 1. The molecule has 112 valence electrons. The number of sulfonamides is 1. The van der Waals surface area contributed by atoms with E-state index in [0.29, 0.717) is 5.13 Å². The van der Waals surface area contributed by atoms with Crippen molar-refractivity contribution in [2.75, 3.05) is 16.3 Å². The van der Waals surface area contributed by atoms with Crippen LogP contribution >= 0.6 is 22.9 Å². The molecule has 0 fully saturated rings. The smallest absolute Gasteiger partial charge is 0.257 e. The number of hydrogen-bond donors (Lipinski definition) is 2. The van der Waals surface area contributed by atoms with E-state index in [0.717, 1.165) is 11.1 Å². The largest absolute Gasteiger partial charge is 0.298 e. The summed E-state index contributed by atoms with van der Waals surface area (Å²) in [5.41, 5.74) is 0.431. The van der Waals surface area contributed by atoms with Crippen LogP contribution in [-0.4, -0.2) is 25.6 Å². The van der Waals surface area contributed by atoms with E-state index in [4.69, 9.17) is 11.6 Å². The molecular weight excluding hydrogens is 334 g/mol. The Bertz CT molecular complexity index is 787. The zero-order valence-electron chi connectivity index (χ0n) is 11.2. The second kappa shape index (κ2) is 6.00. The van der Waals surface area contributed by atoms with Gasteiger partial charge in [-0.25, -0.2) is 13.4 Å². The second-order valence-corrected chi connectivity index (χ2v) is 7.69. The van der Waals surface area contributed by atoms with E-state index in [1.165, 1.54) is 29.5 Å². The third kappa shape index (κ3) is 4.42. The van der Waals surface area contributed by atoms with E-state index in [2.05, 4.69) is 15.0 Å². The first kappa shape index (κ1) is 15.7. The highest BCUT2D eigenvalue weighted by atomic mass is 35.5. The number of nitrogens with one attached hydrogen (secondary N) is 2. The van der Waals surface area contributed by atoms with E-state index in [1.54, 1.807) is 6.20 Å². The predicted octanol–water partition coefficient (Wildman–Crippen LogP) is 2.73. The maximum Gasteiger partial charge on any atom is 0.257 e. The standard InChI is InChI=1S/C12H12ClN3O3S2/c1-7-6-14-12(20-7)15-11(17)8-3-4-9(13)10(5-8)16-21(2,18)19/h3-6,16H,1-2H3,(H,14,15,17). The zero-order chi connectivity index (χ0) is 15.6. The molecule has 21 heavy (non-hydrogen) atoms. The maximum atomic E-state index is 12.1. The maximum absolute atomic E-state index is 12.1. The van der Waals surface area contributed by atoms with Crippen molar-refractivity contribution in [3.63, 3.8) is 0 Å². The minimum absolute atomic E-state index is 0.155. The average molecular weight is 346 g/mol. The number of carbonyl (C=O) groups is 1. The Balaban J connectivity index is 2.23. The van der Waals surface area contributed by atoms with Gasteiger partial charge < -0.3 is 0 Å².